The average Bonchev–Trinajstić information content (AvgIpc) is 2.64. The van der Waals surface area contributed by atoms with Crippen molar-refractivity contribution in [1.29, 1.82) is 10.5 Å². The van der Waals surface area contributed by atoms with Gasteiger partial charge in [-0.1, -0.05) is 56.9 Å². The summed E-state index contributed by atoms with van der Waals surface area (Å²) in [4.78, 5) is 15.5. The van der Waals surface area contributed by atoms with Gasteiger partial charge in [-0.2, -0.15) is 10.5 Å². The molecule has 0 heterocycles. The first-order valence-corrected chi connectivity index (χ1v) is 8.53. The van der Waals surface area contributed by atoms with Gasteiger partial charge in [0.15, 0.2) is 5.78 Å². The maximum atomic E-state index is 12.7. The van der Waals surface area contributed by atoms with Crippen LogP contribution in [-0.2, 0) is 0 Å². The molecule has 0 radical (unpaired) electrons. The van der Waals surface area contributed by atoms with Gasteiger partial charge in [0.25, 0.3) is 0 Å². The van der Waals surface area contributed by atoms with E-state index < -0.39 is 11.8 Å². The summed E-state index contributed by atoms with van der Waals surface area (Å²) >= 11 is 3.34. The van der Waals surface area contributed by atoms with Crippen LogP contribution < -0.4 is 0 Å². The van der Waals surface area contributed by atoms with Gasteiger partial charge in [0.05, 0.1) is 12.1 Å². The van der Waals surface area contributed by atoms with E-state index in [1.165, 1.54) is 0 Å². The zero-order valence-corrected chi connectivity index (χ0v) is 15.5. The molecule has 26 heavy (non-hydrogen) atoms. The minimum Gasteiger partial charge on any atom is -0.294 e. The number of rotatable bonds is 6. The Morgan fingerprint density at radius 1 is 1.23 bits per heavy atom. The zero-order valence-electron chi connectivity index (χ0n) is 13.9. The van der Waals surface area contributed by atoms with E-state index in [4.69, 9.17) is 5.53 Å². The Labute approximate surface area is 159 Å². The Balaban J connectivity index is 2.48. The number of ketones is 1. The Morgan fingerprint density at radius 3 is 2.46 bits per heavy atom. The monoisotopic (exact) mass is 407 g/mol. The lowest BCUT2D eigenvalue weighted by Gasteiger charge is -2.19. The van der Waals surface area contributed by atoms with Gasteiger partial charge in [0.1, 0.15) is 5.92 Å². The molecule has 0 aromatic heterocycles. The van der Waals surface area contributed by atoms with E-state index in [0.717, 1.165) is 5.56 Å². The van der Waals surface area contributed by atoms with Crippen molar-refractivity contribution in [3.63, 3.8) is 0 Å². The molecule has 0 bridgehead atoms. The van der Waals surface area contributed by atoms with Crippen LogP contribution in [-0.4, -0.2) is 5.78 Å². The lowest BCUT2D eigenvalue weighted by atomic mass is 9.82. The van der Waals surface area contributed by atoms with Gasteiger partial charge in [0.2, 0.25) is 0 Å². The van der Waals surface area contributed by atoms with Crippen LogP contribution in [0.2, 0.25) is 0 Å². The largest absolute Gasteiger partial charge is 0.294 e. The second-order valence-electron chi connectivity index (χ2n) is 5.73. The Kier molecular flexibility index (Phi) is 6.52. The summed E-state index contributed by atoms with van der Waals surface area (Å²) in [5.74, 6) is -1.94. The molecule has 6 nitrogen and oxygen atoms in total. The van der Waals surface area contributed by atoms with Crippen LogP contribution in [0.1, 0.15) is 33.8 Å². The maximum Gasteiger partial charge on any atom is 0.163 e. The number of carbonyl (C=O) groups excluding carboxylic acids is 1. The number of azide groups is 1. The number of nitrogens with zero attached hydrogens (tertiary/aromatic N) is 5. The molecule has 7 heteroatoms. The zero-order chi connectivity index (χ0) is 19.1. The summed E-state index contributed by atoms with van der Waals surface area (Å²) < 4.78 is 0.701. The van der Waals surface area contributed by atoms with Gasteiger partial charge < -0.3 is 0 Å². The third-order valence-electron chi connectivity index (χ3n) is 4.00. The highest BCUT2D eigenvalue weighted by molar-refractivity contribution is 9.10. The fourth-order valence-corrected chi connectivity index (χ4v) is 3.01. The van der Waals surface area contributed by atoms with Crippen molar-refractivity contribution >= 4 is 27.4 Å². The first kappa shape index (κ1) is 19.2. The van der Waals surface area contributed by atoms with E-state index in [1.807, 2.05) is 31.2 Å². The maximum absolute atomic E-state index is 12.7. The predicted octanol–water partition coefficient (Wildman–Crippen LogP) is 5.72. The molecule has 0 spiro atoms. The van der Waals surface area contributed by atoms with Gasteiger partial charge in [-0.3, -0.25) is 4.79 Å². The molecule has 2 aromatic rings. The Morgan fingerprint density at radius 2 is 1.88 bits per heavy atom. The van der Waals surface area contributed by atoms with Crippen molar-refractivity contribution in [2.24, 2.45) is 11.0 Å². The Bertz CT molecular complexity index is 935. The standard InChI is InChI=1S/C19H14BrN5O/c1-12-2-4-13(5-3-12)19(26)9-16(14(10-21)11-22)17-8-15(20)6-7-18(17)24-25-23/h2-8,14,16H,9H2,1H3. The minimum absolute atomic E-state index is 0.0424. The van der Waals surface area contributed by atoms with E-state index >= 15 is 0 Å². The molecule has 0 fully saturated rings. The average molecular weight is 408 g/mol. The van der Waals surface area contributed by atoms with Crippen molar-refractivity contribution in [1.82, 2.24) is 0 Å². The smallest absolute Gasteiger partial charge is 0.163 e. The van der Waals surface area contributed by atoms with Crippen LogP contribution in [0.15, 0.2) is 52.1 Å². The van der Waals surface area contributed by atoms with E-state index in [2.05, 4.69) is 26.0 Å². The molecule has 1 unspecified atom stereocenters. The van der Waals surface area contributed by atoms with E-state index in [-0.39, 0.29) is 12.2 Å². The number of Topliss-reactive ketones (excluding diaryl/α,β-unsaturated/α-hetero) is 1. The van der Waals surface area contributed by atoms with Crippen LogP contribution in [0, 0.1) is 35.5 Å². The van der Waals surface area contributed by atoms with Crippen molar-refractivity contribution in [2.75, 3.05) is 0 Å². The summed E-state index contributed by atoms with van der Waals surface area (Å²) in [5, 5.41) is 22.4. The molecule has 128 valence electrons. The quantitative estimate of drug-likeness (QED) is 0.264. The number of hydrogen-bond acceptors (Lipinski definition) is 4. The molecule has 0 amide bonds. The van der Waals surface area contributed by atoms with Crippen molar-refractivity contribution in [3.8, 4) is 12.1 Å². The van der Waals surface area contributed by atoms with Gasteiger partial charge in [-0.15, -0.1) is 0 Å². The molecule has 1 atom stereocenters. The SMILES string of the molecule is Cc1ccc(C(=O)CC(c2cc(Br)ccc2N=[N+]=[N-])C(C#N)C#N)cc1. The molecular formula is C19H14BrN5O. The van der Waals surface area contributed by atoms with E-state index in [1.54, 1.807) is 30.3 Å². The van der Waals surface area contributed by atoms with Crippen LogP contribution >= 0.6 is 15.9 Å². The predicted molar refractivity (Wildman–Crippen MR) is 101 cm³/mol. The van der Waals surface area contributed by atoms with Crippen LogP contribution in [0.4, 0.5) is 5.69 Å². The summed E-state index contributed by atoms with van der Waals surface area (Å²) in [7, 11) is 0. The summed E-state index contributed by atoms with van der Waals surface area (Å²) in [6, 6.07) is 16.0. The molecule has 0 saturated carbocycles. The normalized spacial score (nSPS) is 11.1. The van der Waals surface area contributed by atoms with Crippen LogP contribution in [0.5, 0.6) is 0 Å². The number of hydrogen-bond donors (Lipinski definition) is 0. The molecule has 2 rings (SSSR count). The minimum atomic E-state index is -1.05. The number of nitriles is 2. The van der Waals surface area contributed by atoms with Crippen molar-refractivity contribution in [3.05, 3.63) is 74.1 Å². The number of carbonyl (C=O) groups is 1. The number of halogens is 1. The second-order valence-corrected chi connectivity index (χ2v) is 6.64. The highest BCUT2D eigenvalue weighted by atomic mass is 79.9. The highest BCUT2D eigenvalue weighted by Gasteiger charge is 2.28. The van der Waals surface area contributed by atoms with Crippen molar-refractivity contribution in [2.45, 2.75) is 19.3 Å². The van der Waals surface area contributed by atoms with E-state index in [9.17, 15) is 15.3 Å². The lowest BCUT2D eigenvalue weighted by Crippen LogP contribution is -2.15. The highest BCUT2D eigenvalue weighted by Crippen LogP contribution is 2.37. The molecule has 0 aliphatic rings. The Hall–Kier alpha value is -3.12. The van der Waals surface area contributed by atoms with Gasteiger partial charge in [-0.05, 0) is 30.2 Å². The molecule has 0 saturated heterocycles. The van der Waals surface area contributed by atoms with Crippen LogP contribution in [0.25, 0.3) is 10.4 Å². The van der Waals surface area contributed by atoms with Gasteiger partial charge in [-0.25, -0.2) is 0 Å². The molecule has 2 aromatic carbocycles. The number of benzene rings is 2. The fraction of sp³-hybridized carbons (Fsp3) is 0.211. The fourth-order valence-electron chi connectivity index (χ4n) is 2.63. The van der Waals surface area contributed by atoms with E-state index in [0.29, 0.717) is 21.3 Å². The third kappa shape index (κ3) is 4.49. The molecule has 0 aliphatic carbocycles. The van der Waals surface area contributed by atoms with Crippen molar-refractivity contribution < 1.29 is 4.79 Å². The first-order chi connectivity index (χ1) is 12.5. The van der Waals surface area contributed by atoms with Gasteiger partial charge >= 0.3 is 0 Å². The molecule has 0 N–H and O–H groups in total. The molecule has 0 aliphatic heterocycles. The van der Waals surface area contributed by atoms with Gasteiger partial charge in [0, 0.05) is 33.0 Å². The third-order valence-corrected chi connectivity index (χ3v) is 4.49. The first-order valence-electron chi connectivity index (χ1n) is 7.73. The van der Waals surface area contributed by atoms with Crippen LogP contribution in [0.3, 0.4) is 0 Å². The lowest BCUT2D eigenvalue weighted by molar-refractivity contribution is 0.0971. The topological polar surface area (TPSA) is 113 Å². The summed E-state index contributed by atoms with van der Waals surface area (Å²) in [5.41, 5.74) is 11.1. The summed E-state index contributed by atoms with van der Waals surface area (Å²) in [6.07, 6.45) is -0.0424. The summed E-state index contributed by atoms with van der Waals surface area (Å²) in [6.45, 7) is 1.92. The molecular weight excluding hydrogens is 394 g/mol. The number of aryl methyl sites for hydroxylation is 1. The second kappa shape index (κ2) is 8.82.